The van der Waals surface area contributed by atoms with Crippen molar-refractivity contribution in [1.29, 1.82) is 0 Å². The van der Waals surface area contributed by atoms with Gasteiger partial charge >= 0.3 is 0 Å². The lowest BCUT2D eigenvalue weighted by Gasteiger charge is -2.23. The zero-order valence-electron chi connectivity index (χ0n) is 14.9. The van der Waals surface area contributed by atoms with Gasteiger partial charge in [0.2, 0.25) is 5.91 Å². The highest BCUT2D eigenvalue weighted by Gasteiger charge is 2.22. The van der Waals surface area contributed by atoms with Crippen molar-refractivity contribution in [3.63, 3.8) is 0 Å². The number of hydrogen-bond acceptors (Lipinski definition) is 2. The molecule has 4 rings (SSSR count). The van der Waals surface area contributed by atoms with E-state index in [4.69, 9.17) is 4.74 Å². The maximum atomic E-state index is 13.8. The van der Waals surface area contributed by atoms with Gasteiger partial charge in [0.15, 0.2) is 11.6 Å². The number of ether oxygens (including phenoxy) is 1. The third-order valence-corrected chi connectivity index (χ3v) is 4.72. The highest BCUT2D eigenvalue weighted by Crippen LogP contribution is 2.30. The largest absolute Gasteiger partial charge is 0.454 e. The van der Waals surface area contributed by atoms with Gasteiger partial charge in [-0.25, -0.2) is 4.39 Å². The van der Waals surface area contributed by atoms with Crippen LogP contribution in [0.4, 0.5) is 10.1 Å². The van der Waals surface area contributed by atoms with Gasteiger partial charge in [0, 0.05) is 12.1 Å². The molecule has 1 aliphatic heterocycles. The van der Waals surface area contributed by atoms with Gasteiger partial charge in [0.05, 0.1) is 6.54 Å². The number of fused-ring (bicyclic) bond motifs is 1. The number of nitrogens with zero attached hydrogens (tertiary/aromatic N) is 1. The molecule has 3 aromatic carbocycles. The molecular formula is C23H20FNO2. The minimum Gasteiger partial charge on any atom is -0.454 e. The minimum atomic E-state index is -0.403. The van der Waals surface area contributed by atoms with Crippen molar-refractivity contribution in [3.05, 3.63) is 89.7 Å². The van der Waals surface area contributed by atoms with Gasteiger partial charge in [-0.05, 0) is 54.3 Å². The van der Waals surface area contributed by atoms with E-state index in [1.807, 2.05) is 41.3 Å². The SMILES string of the molecule is O=C1CCCc2ccccc2N1Cc1cccc(Oc2ccccc2F)c1. The van der Waals surface area contributed by atoms with Crippen molar-refractivity contribution in [3.8, 4) is 11.5 Å². The molecule has 0 atom stereocenters. The van der Waals surface area contributed by atoms with Crippen molar-refractivity contribution < 1.29 is 13.9 Å². The standard InChI is InChI=1S/C23H20FNO2/c24-20-11-2-4-13-22(20)27-19-10-5-7-17(15-19)16-25-21-12-3-1-8-18(21)9-6-14-23(25)26/h1-5,7-8,10-13,15H,6,9,14,16H2. The summed E-state index contributed by atoms with van der Waals surface area (Å²) in [6, 6.07) is 21.8. The van der Waals surface area contributed by atoms with Crippen LogP contribution in [0.15, 0.2) is 72.8 Å². The summed E-state index contributed by atoms with van der Waals surface area (Å²) in [4.78, 5) is 14.5. The van der Waals surface area contributed by atoms with Crippen molar-refractivity contribution in [2.24, 2.45) is 0 Å². The molecule has 1 amide bonds. The fourth-order valence-electron chi connectivity index (χ4n) is 3.40. The van der Waals surface area contributed by atoms with Crippen molar-refractivity contribution in [1.82, 2.24) is 0 Å². The van der Waals surface area contributed by atoms with Crippen LogP contribution >= 0.6 is 0 Å². The molecule has 3 nitrogen and oxygen atoms in total. The van der Waals surface area contributed by atoms with Gasteiger partial charge in [-0.15, -0.1) is 0 Å². The molecule has 0 bridgehead atoms. The Morgan fingerprint density at radius 2 is 1.74 bits per heavy atom. The van der Waals surface area contributed by atoms with Gasteiger partial charge in [-0.2, -0.15) is 0 Å². The summed E-state index contributed by atoms with van der Waals surface area (Å²) in [5.41, 5.74) is 3.11. The lowest BCUT2D eigenvalue weighted by Crippen LogP contribution is -2.29. The molecule has 0 aliphatic carbocycles. The number of carbonyl (C=O) groups excluding carboxylic acids is 1. The van der Waals surface area contributed by atoms with Crippen LogP contribution in [0.2, 0.25) is 0 Å². The van der Waals surface area contributed by atoms with Crippen LogP contribution in [0, 0.1) is 5.82 Å². The Hall–Kier alpha value is -3.14. The van der Waals surface area contributed by atoms with E-state index in [-0.39, 0.29) is 11.7 Å². The van der Waals surface area contributed by atoms with E-state index in [0.717, 1.165) is 24.1 Å². The van der Waals surface area contributed by atoms with Crippen LogP contribution in [0.5, 0.6) is 11.5 Å². The van der Waals surface area contributed by atoms with Crippen LogP contribution in [-0.4, -0.2) is 5.91 Å². The normalized spacial score (nSPS) is 13.8. The molecule has 1 heterocycles. The summed E-state index contributed by atoms with van der Waals surface area (Å²) in [5, 5.41) is 0. The molecule has 0 unspecified atom stereocenters. The summed E-state index contributed by atoms with van der Waals surface area (Å²) in [5.74, 6) is 0.457. The molecule has 0 aromatic heterocycles. The molecular weight excluding hydrogens is 341 g/mol. The summed E-state index contributed by atoms with van der Waals surface area (Å²) >= 11 is 0. The first-order valence-corrected chi connectivity index (χ1v) is 9.10. The van der Waals surface area contributed by atoms with Gasteiger partial charge < -0.3 is 9.64 Å². The van der Waals surface area contributed by atoms with E-state index in [1.54, 1.807) is 24.3 Å². The molecule has 0 saturated heterocycles. The fraction of sp³-hybridized carbons (Fsp3) is 0.174. The second-order valence-corrected chi connectivity index (χ2v) is 6.64. The van der Waals surface area contributed by atoms with E-state index in [0.29, 0.717) is 18.7 Å². The van der Waals surface area contributed by atoms with Crippen molar-refractivity contribution in [2.75, 3.05) is 4.90 Å². The lowest BCUT2D eigenvalue weighted by molar-refractivity contribution is -0.118. The summed E-state index contributed by atoms with van der Waals surface area (Å²) < 4.78 is 19.5. The lowest BCUT2D eigenvalue weighted by atomic mass is 10.1. The number of halogens is 1. The zero-order chi connectivity index (χ0) is 18.6. The predicted octanol–water partition coefficient (Wildman–Crippen LogP) is 5.49. The Labute approximate surface area is 158 Å². The van der Waals surface area contributed by atoms with Gasteiger partial charge in [-0.1, -0.05) is 42.5 Å². The second kappa shape index (κ2) is 7.62. The number of aryl methyl sites for hydroxylation is 1. The van der Waals surface area contributed by atoms with Crippen LogP contribution in [-0.2, 0) is 17.8 Å². The quantitative estimate of drug-likeness (QED) is 0.615. The van der Waals surface area contributed by atoms with Gasteiger partial charge in [-0.3, -0.25) is 4.79 Å². The van der Waals surface area contributed by atoms with Gasteiger partial charge in [0.1, 0.15) is 5.75 Å². The minimum absolute atomic E-state index is 0.125. The average Bonchev–Trinajstić information content (AvgIpc) is 2.83. The molecule has 0 saturated carbocycles. The second-order valence-electron chi connectivity index (χ2n) is 6.64. The van der Waals surface area contributed by atoms with Crippen molar-refractivity contribution in [2.45, 2.75) is 25.8 Å². The zero-order valence-corrected chi connectivity index (χ0v) is 14.9. The number of rotatable bonds is 4. The highest BCUT2D eigenvalue weighted by molar-refractivity contribution is 5.94. The maximum Gasteiger partial charge on any atom is 0.227 e. The molecule has 0 radical (unpaired) electrons. The van der Waals surface area contributed by atoms with Crippen LogP contribution in [0.1, 0.15) is 24.0 Å². The molecule has 27 heavy (non-hydrogen) atoms. The van der Waals surface area contributed by atoms with E-state index in [2.05, 4.69) is 6.07 Å². The Bertz CT molecular complexity index is 970. The molecule has 4 heteroatoms. The Kier molecular flexibility index (Phi) is 4.88. The fourth-order valence-corrected chi connectivity index (χ4v) is 3.40. The Balaban J connectivity index is 1.59. The van der Waals surface area contributed by atoms with Gasteiger partial charge in [0.25, 0.3) is 0 Å². The van der Waals surface area contributed by atoms with Crippen LogP contribution < -0.4 is 9.64 Å². The number of anilines is 1. The summed E-state index contributed by atoms with van der Waals surface area (Å²) in [6.45, 7) is 0.463. The van der Waals surface area contributed by atoms with E-state index in [9.17, 15) is 9.18 Å². The summed E-state index contributed by atoms with van der Waals surface area (Å²) in [6.07, 6.45) is 2.32. The highest BCUT2D eigenvalue weighted by atomic mass is 19.1. The first kappa shape index (κ1) is 17.3. The number of hydrogen-bond donors (Lipinski definition) is 0. The first-order chi connectivity index (χ1) is 13.2. The first-order valence-electron chi connectivity index (χ1n) is 9.10. The molecule has 0 N–H and O–H groups in total. The van der Waals surface area contributed by atoms with E-state index >= 15 is 0 Å². The smallest absolute Gasteiger partial charge is 0.227 e. The topological polar surface area (TPSA) is 29.5 Å². The molecule has 0 fully saturated rings. The van der Waals surface area contributed by atoms with E-state index in [1.165, 1.54) is 11.6 Å². The number of amides is 1. The van der Waals surface area contributed by atoms with Crippen molar-refractivity contribution >= 4 is 11.6 Å². The maximum absolute atomic E-state index is 13.8. The number of carbonyl (C=O) groups is 1. The third-order valence-electron chi connectivity index (χ3n) is 4.72. The number of benzene rings is 3. The Morgan fingerprint density at radius 3 is 2.63 bits per heavy atom. The van der Waals surface area contributed by atoms with E-state index < -0.39 is 5.82 Å². The van der Waals surface area contributed by atoms with Crippen LogP contribution in [0.25, 0.3) is 0 Å². The molecule has 3 aromatic rings. The number of para-hydroxylation sites is 2. The molecule has 136 valence electrons. The predicted molar refractivity (Wildman–Crippen MR) is 103 cm³/mol. The average molecular weight is 361 g/mol. The van der Waals surface area contributed by atoms with Crippen LogP contribution in [0.3, 0.4) is 0 Å². The summed E-state index contributed by atoms with van der Waals surface area (Å²) in [7, 11) is 0. The Morgan fingerprint density at radius 1 is 0.926 bits per heavy atom. The molecule has 0 spiro atoms. The molecule has 1 aliphatic rings. The third kappa shape index (κ3) is 3.85. The monoisotopic (exact) mass is 361 g/mol.